The number of hydrogen-bond acceptors (Lipinski definition) is 4. The van der Waals surface area contributed by atoms with Crippen molar-refractivity contribution in [3.8, 4) is 16.9 Å². The minimum absolute atomic E-state index is 0.0257. The summed E-state index contributed by atoms with van der Waals surface area (Å²) in [4.78, 5) is 10.9. The third kappa shape index (κ3) is 2.21. The van der Waals surface area contributed by atoms with Crippen molar-refractivity contribution >= 4 is 11.5 Å². The Morgan fingerprint density at radius 1 is 1.21 bits per heavy atom. The van der Waals surface area contributed by atoms with Crippen molar-refractivity contribution in [3.63, 3.8) is 0 Å². The first-order valence-corrected chi connectivity index (χ1v) is 7.50. The molecule has 0 saturated heterocycles. The largest absolute Gasteiger partial charge is 0.369 e. The SMILES string of the molecule is O=[N+]([O-])c1ccccc1-n1nc(-c2cccc(F)c2)c2c1NCC2. The molecule has 2 aromatic carbocycles. The molecule has 0 amide bonds. The molecule has 0 radical (unpaired) electrons. The summed E-state index contributed by atoms with van der Waals surface area (Å²) < 4.78 is 15.1. The minimum Gasteiger partial charge on any atom is -0.369 e. The van der Waals surface area contributed by atoms with Gasteiger partial charge in [-0.2, -0.15) is 5.10 Å². The molecule has 0 saturated carbocycles. The predicted molar refractivity (Wildman–Crippen MR) is 87.8 cm³/mol. The van der Waals surface area contributed by atoms with E-state index in [1.807, 2.05) is 0 Å². The van der Waals surface area contributed by atoms with E-state index < -0.39 is 4.92 Å². The van der Waals surface area contributed by atoms with Gasteiger partial charge in [0.15, 0.2) is 0 Å². The third-order valence-electron chi connectivity index (χ3n) is 4.06. The highest BCUT2D eigenvalue weighted by Gasteiger charge is 2.27. The first kappa shape index (κ1) is 14.4. The normalized spacial score (nSPS) is 12.7. The Morgan fingerprint density at radius 2 is 2.04 bits per heavy atom. The Bertz CT molecular complexity index is 952. The molecule has 0 fully saturated rings. The van der Waals surface area contributed by atoms with Crippen LogP contribution in [0.2, 0.25) is 0 Å². The quantitative estimate of drug-likeness (QED) is 0.590. The summed E-state index contributed by atoms with van der Waals surface area (Å²) in [6, 6.07) is 12.7. The number of nitrogens with zero attached hydrogens (tertiary/aromatic N) is 3. The number of aromatic nitrogens is 2. The van der Waals surface area contributed by atoms with Crippen molar-refractivity contribution in [2.24, 2.45) is 0 Å². The molecule has 120 valence electrons. The zero-order valence-corrected chi connectivity index (χ0v) is 12.6. The predicted octanol–water partition coefficient (Wildman–Crippen LogP) is 3.55. The molecule has 3 aromatic rings. The Morgan fingerprint density at radius 3 is 2.83 bits per heavy atom. The monoisotopic (exact) mass is 324 g/mol. The van der Waals surface area contributed by atoms with Crippen molar-refractivity contribution in [1.82, 2.24) is 9.78 Å². The van der Waals surface area contributed by atoms with E-state index in [0.29, 0.717) is 16.9 Å². The third-order valence-corrected chi connectivity index (χ3v) is 4.06. The van der Waals surface area contributed by atoms with Gasteiger partial charge in [0.1, 0.15) is 17.3 Å². The molecule has 0 aliphatic carbocycles. The zero-order chi connectivity index (χ0) is 16.7. The number of hydrogen-bond donors (Lipinski definition) is 1. The van der Waals surface area contributed by atoms with Crippen LogP contribution >= 0.6 is 0 Å². The van der Waals surface area contributed by atoms with Crippen molar-refractivity contribution in [2.45, 2.75) is 6.42 Å². The zero-order valence-electron chi connectivity index (χ0n) is 12.6. The molecule has 2 heterocycles. The maximum absolute atomic E-state index is 13.6. The van der Waals surface area contributed by atoms with Gasteiger partial charge >= 0.3 is 0 Å². The summed E-state index contributed by atoms with van der Waals surface area (Å²) in [6.07, 6.45) is 0.738. The van der Waals surface area contributed by atoms with Gasteiger partial charge in [-0.25, -0.2) is 9.07 Å². The van der Waals surface area contributed by atoms with E-state index in [4.69, 9.17) is 0 Å². The summed E-state index contributed by atoms with van der Waals surface area (Å²) >= 11 is 0. The van der Waals surface area contributed by atoms with Crippen LogP contribution in [0.15, 0.2) is 48.5 Å². The number of para-hydroxylation sites is 2. The van der Waals surface area contributed by atoms with Crippen LogP contribution in [-0.4, -0.2) is 21.2 Å². The molecular formula is C17H13FN4O2. The second kappa shape index (κ2) is 5.45. The molecule has 6 nitrogen and oxygen atoms in total. The smallest absolute Gasteiger partial charge is 0.294 e. The number of benzene rings is 2. The summed E-state index contributed by atoms with van der Waals surface area (Å²) in [7, 11) is 0. The minimum atomic E-state index is -0.430. The van der Waals surface area contributed by atoms with Crippen LogP contribution in [0.1, 0.15) is 5.56 Å². The lowest BCUT2D eigenvalue weighted by Crippen LogP contribution is -2.06. The summed E-state index contributed by atoms with van der Waals surface area (Å²) in [5, 5.41) is 19.1. The molecule has 0 unspecified atom stereocenters. The fraction of sp³-hybridized carbons (Fsp3) is 0.118. The lowest BCUT2D eigenvalue weighted by Gasteiger charge is -2.06. The van der Waals surface area contributed by atoms with E-state index in [1.54, 1.807) is 35.0 Å². The molecule has 0 atom stereocenters. The molecule has 4 rings (SSSR count). The van der Waals surface area contributed by atoms with Gasteiger partial charge in [-0.1, -0.05) is 24.3 Å². The number of nitrogens with one attached hydrogen (secondary N) is 1. The van der Waals surface area contributed by atoms with Crippen LogP contribution in [0.4, 0.5) is 15.9 Å². The van der Waals surface area contributed by atoms with Gasteiger partial charge < -0.3 is 5.32 Å². The van der Waals surface area contributed by atoms with E-state index in [-0.39, 0.29) is 11.5 Å². The standard InChI is InChI=1S/C17H13FN4O2/c18-12-5-3-4-11(10-12)16-13-8-9-19-17(13)21(20-16)14-6-1-2-7-15(14)22(23)24/h1-7,10,19H,8-9H2. The number of fused-ring (bicyclic) bond motifs is 1. The first-order valence-electron chi connectivity index (χ1n) is 7.50. The molecule has 24 heavy (non-hydrogen) atoms. The fourth-order valence-electron chi connectivity index (χ4n) is 3.01. The first-order chi connectivity index (χ1) is 11.6. The van der Waals surface area contributed by atoms with Gasteiger partial charge in [0, 0.05) is 23.7 Å². The topological polar surface area (TPSA) is 73.0 Å². The Hall–Kier alpha value is -3.22. The molecule has 1 aliphatic rings. The number of nitro benzene ring substituents is 1. The molecule has 1 N–H and O–H groups in total. The van der Waals surface area contributed by atoms with Crippen LogP contribution in [0.25, 0.3) is 16.9 Å². The van der Waals surface area contributed by atoms with Gasteiger partial charge in [0.05, 0.1) is 10.6 Å². The average Bonchev–Trinajstić information content (AvgIpc) is 3.17. The van der Waals surface area contributed by atoms with E-state index in [2.05, 4.69) is 10.4 Å². The highest BCUT2D eigenvalue weighted by molar-refractivity contribution is 5.73. The van der Waals surface area contributed by atoms with Gasteiger partial charge in [0.2, 0.25) is 0 Å². The average molecular weight is 324 g/mol. The van der Waals surface area contributed by atoms with Crippen molar-refractivity contribution in [3.05, 3.63) is 70.0 Å². The van der Waals surface area contributed by atoms with Crippen molar-refractivity contribution < 1.29 is 9.31 Å². The van der Waals surface area contributed by atoms with E-state index in [0.717, 1.165) is 24.3 Å². The Kier molecular flexibility index (Phi) is 3.26. The van der Waals surface area contributed by atoms with Crippen LogP contribution in [0.3, 0.4) is 0 Å². The van der Waals surface area contributed by atoms with E-state index in [9.17, 15) is 14.5 Å². The number of anilines is 1. The van der Waals surface area contributed by atoms with E-state index in [1.165, 1.54) is 18.2 Å². The van der Waals surface area contributed by atoms with Crippen LogP contribution < -0.4 is 5.32 Å². The molecule has 0 spiro atoms. The molecule has 1 aromatic heterocycles. The van der Waals surface area contributed by atoms with Gasteiger partial charge in [-0.3, -0.25) is 10.1 Å². The second-order valence-electron chi connectivity index (χ2n) is 5.52. The van der Waals surface area contributed by atoms with E-state index >= 15 is 0 Å². The molecule has 1 aliphatic heterocycles. The fourth-order valence-corrected chi connectivity index (χ4v) is 3.01. The summed E-state index contributed by atoms with van der Waals surface area (Å²) in [6.45, 7) is 0.718. The molecule has 0 bridgehead atoms. The Balaban J connectivity index is 1.94. The highest BCUT2D eigenvalue weighted by Crippen LogP contribution is 2.36. The lowest BCUT2D eigenvalue weighted by molar-refractivity contribution is -0.384. The summed E-state index contributed by atoms with van der Waals surface area (Å²) in [5.41, 5.74) is 2.61. The highest BCUT2D eigenvalue weighted by atomic mass is 19.1. The second-order valence-corrected chi connectivity index (χ2v) is 5.52. The van der Waals surface area contributed by atoms with Crippen LogP contribution in [-0.2, 0) is 6.42 Å². The molecule has 7 heteroatoms. The maximum atomic E-state index is 13.6. The van der Waals surface area contributed by atoms with Crippen LogP contribution in [0, 0.1) is 15.9 Å². The van der Waals surface area contributed by atoms with Gasteiger partial charge in [-0.15, -0.1) is 0 Å². The lowest BCUT2D eigenvalue weighted by atomic mass is 10.1. The van der Waals surface area contributed by atoms with Crippen molar-refractivity contribution in [2.75, 3.05) is 11.9 Å². The van der Waals surface area contributed by atoms with Gasteiger partial charge in [0.25, 0.3) is 5.69 Å². The number of nitro groups is 1. The summed E-state index contributed by atoms with van der Waals surface area (Å²) in [5.74, 6) is 0.385. The number of halogens is 1. The Labute approximate surface area is 136 Å². The maximum Gasteiger partial charge on any atom is 0.294 e. The molecular weight excluding hydrogens is 311 g/mol. The van der Waals surface area contributed by atoms with Gasteiger partial charge in [-0.05, 0) is 24.6 Å². The number of rotatable bonds is 3. The van der Waals surface area contributed by atoms with Crippen molar-refractivity contribution in [1.29, 1.82) is 0 Å². The van der Waals surface area contributed by atoms with Crippen LogP contribution in [0.5, 0.6) is 0 Å².